The SMILES string of the molecule is CNc1ccc2c(C)cc(N)nc2c1. The van der Waals surface area contributed by atoms with Crippen LogP contribution in [0.4, 0.5) is 11.5 Å². The molecule has 3 N–H and O–H groups in total. The summed E-state index contributed by atoms with van der Waals surface area (Å²) in [5.74, 6) is 0.572. The Bertz CT molecular complexity index is 477. The molecule has 14 heavy (non-hydrogen) atoms. The molecule has 1 aromatic heterocycles. The number of benzene rings is 1. The van der Waals surface area contributed by atoms with Gasteiger partial charge >= 0.3 is 0 Å². The highest BCUT2D eigenvalue weighted by molar-refractivity contribution is 5.86. The maximum atomic E-state index is 5.68. The van der Waals surface area contributed by atoms with Gasteiger partial charge in [0.1, 0.15) is 5.82 Å². The molecule has 72 valence electrons. The first-order valence-corrected chi connectivity index (χ1v) is 4.55. The van der Waals surface area contributed by atoms with Crippen LogP contribution in [-0.2, 0) is 0 Å². The predicted molar refractivity (Wildman–Crippen MR) is 60.4 cm³/mol. The molecular weight excluding hydrogens is 174 g/mol. The van der Waals surface area contributed by atoms with Crippen LogP contribution in [-0.4, -0.2) is 12.0 Å². The Labute approximate surface area is 83.0 Å². The lowest BCUT2D eigenvalue weighted by molar-refractivity contribution is 1.37. The first-order valence-electron chi connectivity index (χ1n) is 4.55. The summed E-state index contributed by atoms with van der Waals surface area (Å²) in [5.41, 5.74) is 8.84. The molecule has 0 saturated carbocycles. The third kappa shape index (κ3) is 1.37. The average molecular weight is 187 g/mol. The summed E-state index contributed by atoms with van der Waals surface area (Å²) in [5, 5.41) is 4.23. The van der Waals surface area contributed by atoms with Crippen LogP contribution >= 0.6 is 0 Å². The first-order chi connectivity index (χ1) is 6.70. The number of nitrogens with zero attached hydrogens (tertiary/aromatic N) is 1. The van der Waals surface area contributed by atoms with E-state index in [0.29, 0.717) is 5.82 Å². The summed E-state index contributed by atoms with van der Waals surface area (Å²) in [7, 11) is 1.89. The molecule has 3 heteroatoms. The first kappa shape index (κ1) is 8.81. The molecule has 0 unspecified atom stereocenters. The third-order valence-electron chi connectivity index (χ3n) is 2.33. The van der Waals surface area contributed by atoms with Gasteiger partial charge in [-0.2, -0.15) is 0 Å². The van der Waals surface area contributed by atoms with Crippen molar-refractivity contribution in [2.45, 2.75) is 6.92 Å². The van der Waals surface area contributed by atoms with Crippen molar-refractivity contribution in [1.29, 1.82) is 0 Å². The quantitative estimate of drug-likeness (QED) is 0.719. The largest absolute Gasteiger partial charge is 0.388 e. The van der Waals surface area contributed by atoms with Crippen molar-refractivity contribution in [1.82, 2.24) is 4.98 Å². The molecule has 2 aromatic rings. The molecule has 0 aliphatic carbocycles. The van der Waals surface area contributed by atoms with Crippen LogP contribution < -0.4 is 11.1 Å². The fraction of sp³-hybridized carbons (Fsp3) is 0.182. The molecule has 0 aliphatic heterocycles. The summed E-state index contributed by atoms with van der Waals surface area (Å²) in [6, 6.07) is 7.98. The number of nitrogens with two attached hydrogens (primary N) is 1. The number of aryl methyl sites for hydroxylation is 1. The normalized spacial score (nSPS) is 10.4. The number of aromatic nitrogens is 1. The van der Waals surface area contributed by atoms with E-state index in [-0.39, 0.29) is 0 Å². The molecule has 0 fully saturated rings. The molecule has 3 nitrogen and oxygen atoms in total. The molecule has 2 rings (SSSR count). The molecule has 0 amide bonds. The van der Waals surface area contributed by atoms with Gasteiger partial charge in [0.25, 0.3) is 0 Å². The maximum absolute atomic E-state index is 5.68. The topological polar surface area (TPSA) is 50.9 Å². The fourth-order valence-corrected chi connectivity index (χ4v) is 1.58. The number of hydrogen-bond donors (Lipinski definition) is 2. The number of rotatable bonds is 1. The second kappa shape index (κ2) is 3.18. The van der Waals surface area contributed by atoms with E-state index in [4.69, 9.17) is 5.73 Å². The van der Waals surface area contributed by atoms with Crippen molar-refractivity contribution in [2.75, 3.05) is 18.1 Å². The van der Waals surface area contributed by atoms with Gasteiger partial charge in [-0.05, 0) is 30.7 Å². The highest BCUT2D eigenvalue weighted by atomic mass is 14.8. The van der Waals surface area contributed by atoms with Crippen LogP contribution in [0.15, 0.2) is 24.3 Å². The smallest absolute Gasteiger partial charge is 0.124 e. The van der Waals surface area contributed by atoms with Crippen LogP contribution in [0.25, 0.3) is 10.9 Å². The van der Waals surface area contributed by atoms with E-state index in [1.807, 2.05) is 32.2 Å². The minimum absolute atomic E-state index is 0.572. The summed E-state index contributed by atoms with van der Waals surface area (Å²) < 4.78 is 0. The lowest BCUT2D eigenvalue weighted by Crippen LogP contribution is -1.94. The fourth-order valence-electron chi connectivity index (χ4n) is 1.58. The zero-order valence-corrected chi connectivity index (χ0v) is 8.33. The zero-order chi connectivity index (χ0) is 10.1. The molecule has 1 aromatic carbocycles. The van der Waals surface area contributed by atoms with Crippen molar-refractivity contribution >= 4 is 22.4 Å². The van der Waals surface area contributed by atoms with Gasteiger partial charge < -0.3 is 11.1 Å². The Morgan fingerprint density at radius 3 is 2.79 bits per heavy atom. The Morgan fingerprint density at radius 1 is 1.29 bits per heavy atom. The predicted octanol–water partition coefficient (Wildman–Crippen LogP) is 2.17. The van der Waals surface area contributed by atoms with Crippen molar-refractivity contribution in [3.05, 3.63) is 29.8 Å². The Kier molecular flexibility index (Phi) is 2.00. The number of pyridine rings is 1. The van der Waals surface area contributed by atoms with Gasteiger partial charge in [0.15, 0.2) is 0 Å². The van der Waals surface area contributed by atoms with E-state index in [1.165, 1.54) is 0 Å². The van der Waals surface area contributed by atoms with Crippen LogP contribution in [0, 0.1) is 6.92 Å². The Balaban J connectivity index is 2.75. The number of nitrogen functional groups attached to an aromatic ring is 1. The molecule has 0 saturated heterocycles. The second-order valence-electron chi connectivity index (χ2n) is 3.35. The van der Waals surface area contributed by atoms with Gasteiger partial charge in [-0.15, -0.1) is 0 Å². The van der Waals surface area contributed by atoms with E-state index in [1.54, 1.807) is 0 Å². The van der Waals surface area contributed by atoms with Gasteiger partial charge in [0.2, 0.25) is 0 Å². The number of anilines is 2. The van der Waals surface area contributed by atoms with E-state index in [0.717, 1.165) is 22.2 Å². The van der Waals surface area contributed by atoms with Crippen molar-refractivity contribution in [3.8, 4) is 0 Å². The van der Waals surface area contributed by atoms with Crippen molar-refractivity contribution in [2.24, 2.45) is 0 Å². The number of nitrogens with one attached hydrogen (secondary N) is 1. The summed E-state index contributed by atoms with van der Waals surface area (Å²) in [4.78, 5) is 4.28. The van der Waals surface area contributed by atoms with Crippen LogP contribution in [0.3, 0.4) is 0 Å². The standard InChI is InChI=1S/C11H13N3/c1-7-5-11(12)14-10-6-8(13-2)3-4-9(7)10/h3-6,13H,1-2H3,(H2,12,14). The Hall–Kier alpha value is -1.77. The van der Waals surface area contributed by atoms with E-state index in [9.17, 15) is 0 Å². The minimum Gasteiger partial charge on any atom is -0.388 e. The van der Waals surface area contributed by atoms with E-state index >= 15 is 0 Å². The highest BCUT2D eigenvalue weighted by Crippen LogP contribution is 2.21. The monoisotopic (exact) mass is 187 g/mol. The molecule has 0 aliphatic rings. The maximum Gasteiger partial charge on any atom is 0.124 e. The lowest BCUT2D eigenvalue weighted by Gasteiger charge is -2.05. The molecule has 0 atom stereocenters. The summed E-state index contributed by atoms with van der Waals surface area (Å²) in [6.07, 6.45) is 0. The van der Waals surface area contributed by atoms with Gasteiger partial charge in [-0.25, -0.2) is 4.98 Å². The molecule has 1 heterocycles. The van der Waals surface area contributed by atoms with E-state index in [2.05, 4.69) is 16.4 Å². The zero-order valence-electron chi connectivity index (χ0n) is 8.33. The van der Waals surface area contributed by atoms with Crippen LogP contribution in [0.5, 0.6) is 0 Å². The Morgan fingerprint density at radius 2 is 2.07 bits per heavy atom. The molecule has 0 spiro atoms. The van der Waals surface area contributed by atoms with Gasteiger partial charge in [-0.1, -0.05) is 6.07 Å². The van der Waals surface area contributed by atoms with Crippen LogP contribution in [0.1, 0.15) is 5.56 Å². The van der Waals surface area contributed by atoms with Gasteiger partial charge in [-0.3, -0.25) is 0 Å². The van der Waals surface area contributed by atoms with Gasteiger partial charge in [0, 0.05) is 18.1 Å². The minimum atomic E-state index is 0.572. The van der Waals surface area contributed by atoms with Crippen LogP contribution in [0.2, 0.25) is 0 Å². The summed E-state index contributed by atoms with van der Waals surface area (Å²) in [6.45, 7) is 2.04. The molecular formula is C11H13N3. The molecule has 0 bridgehead atoms. The van der Waals surface area contributed by atoms with Crippen molar-refractivity contribution in [3.63, 3.8) is 0 Å². The lowest BCUT2D eigenvalue weighted by atomic mass is 10.1. The highest BCUT2D eigenvalue weighted by Gasteiger charge is 2.00. The summed E-state index contributed by atoms with van der Waals surface area (Å²) >= 11 is 0. The second-order valence-corrected chi connectivity index (χ2v) is 3.35. The average Bonchev–Trinajstić information content (AvgIpc) is 2.16. The van der Waals surface area contributed by atoms with Crippen molar-refractivity contribution < 1.29 is 0 Å². The third-order valence-corrected chi connectivity index (χ3v) is 2.33. The number of hydrogen-bond acceptors (Lipinski definition) is 3. The number of fused-ring (bicyclic) bond motifs is 1. The van der Waals surface area contributed by atoms with E-state index < -0.39 is 0 Å². The van der Waals surface area contributed by atoms with Gasteiger partial charge in [0.05, 0.1) is 5.52 Å². The molecule has 0 radical (unpaired) electrons.